The molecule has 0 amide bonds. The molecule has 0 fully saturated rings. The third-order valence-corrected chi connectivity index (χ3v) is 4.79. The first-order chi connectivity index (χ1) is 10.9. The van der Waals surface area contributed by atoms with Crippen LogP contribution in [-0.4, -0.2) is 13.6 Å². The second kappa shape index (κ2) is 5.71. The van der Waals surface area contributed by atoms with E-state index in [9.17, 15) is 12.8 Å². The van der Waals surface area contributed by atoms with Gasteiger partial charge in [-0.15, -0.1) is 0 Å². The summed E-state index contributed by atoms with van der Waals surface area (Å²) >= 11 is 5.64. The topological polar surface area (TPSA) is 85.3 Å². The fourth-order valence-electron chi connectivity index (χ4n) is 1.97. The van der Waals surface area contributed by atoms with Crippen LogP contribution >= 0.6 is 11.6 Å². The summed E-state index contributed by atoms with van der Waals surface area (Å²) in [6.07, 6.45) is 1.42. The molecule has 0 radical (unpaired) electrons. The highest BCUT2D eigenvalue weighted by Crippen LogP contribution is 2.29. The largest absolute Gasteiger partial charge is 0.456 e. The molecule has 0 aliphatic carbocycles. The van der Waals surface area contributed by atoms with Crippen molar-refractivity contribution in [2.45, 2.75) is 11.8 Å². The summed E-state index contributed by atoms with van der Waals surface area (Å²) in [5, 5.41) is 3.35. The van der Waals surface area contributed by atoms with Gasteiger partial charge in [0.2, 0.25) is 5.76 Å². The fraction of sp³-hybridized carbons (Fsp3) is 0.0714. The van der Waals surface area contributed by atoms with Crippen molar-refractivity contribution in [1.82, 2.24) is 5.16 Å². The first kappa shape index (κ1) is 15.6. The Kier molecular flexibility index (Phi) is 3.87. The maximum atomic E-state index is 13.1. The molecule has 6 nitrogen and oxygen atoms in total. The summed E-state index contributed by atoms with van der Waals surface area (Å²) in [6, 6.07) is 6.39. The zero-order chi connectivity index (χ0) is 16.6. The quantitative estimate of drug-likeness (QED) is 0.767. The molecule has 2 aromatic heterocycles. The summed E-state index contributed by atoms with van der Waals surface area (Å²) < 4.78 is 50.7. The van der Waals surface area contributed by atoms with E-state index < -0.39 is 15.8 Å². The van der Waals surface area contributed by atoms with E-state index in [1.165, 1.54) is 31.3 Å². The Morgan fingerprint density at radius 3 is 2.65 bits per heavy atom. The number of benzene rings is 1. The van der Waals surface area contributed by atoms with Crippen LogP contribution < -0.4 is 4.72 Å². The van der Waals surface area contributed by atoms with Gasteiger partial charge in [-0.1, -0.05) is 16.8 Å². The van der Waals surface area contributed by atoms with Crippen molar-refractivity contribution in [1.29, 1.82) is 0 Å². The molecule has 3 rings (SSSR count). The van der Waals surface area contributed by atoms with Crippen LogP contribution in [0.5, 0.6) is 0 Å². The van der Waals surface area contributed by atoms with Gasteiger partial charge in [0, 0.05) is 12.1 Å². The molecule has 0 bridgehead atoms. The second-order valence-electron chi connectivity index (χ2n) is 4.64. The van der Waals surface area contributed by atoms with Crippen molar-refractivity contribution in [3.8, 4) is 11.5 Å². The Bertz CT molecular complexity index is 951. The van der Waals surface area contributed by atoms with Crippen LogP contribution in [0, 0.1) is 12.7 Å². The lowest BCUT2D eigenvalue weighted by Crippen LogP contribution is -2.13. The van der Waals surface area contributed by atoms with Crippen molar-refractivity contribution in [2.75, 3.05) is 4.72 Å². The van der Waals surface area contributed by atoms with Crippen molar-refractivity contribution in [2.24, 2.45) is 0 Å². The van der Waals surface area contributed by atoms with Gasteiger partial charge in [0.15, 0.2) is 5.76 Å². The third kappa shape index (κ3) is 3.08. The molecule has 23 heavy (non-hydrogen) atoms. The van der Waals surface area contributed by atoms with E-state index in [2.05, 4.69) is 9.88 Å². The van der Waals surface area contributed by atoms with Crippen LogP contribution in [-0.2, 0) is 10.0 Å². The van der Waals surface area contributed by atoms with Crippen LogP contribution in [0.3, 0.4) is 0 Å². The number of anilines is 1. The molecule has 1 N–H and O–H groups in total. The zero-order valence-electron chi connectivity index (χ0n) is 11.7. The predicted octanol–water partition coefficient (Wildman–Crippen LogP) is 3.84. The molecule has 0 unspecified atom stereocenters. The average Bonchev–Trinajstić information content (AvgIpc) is 3.11. The minimum atomic E-state index is -3.93. The average molecular weight is 357 g/mol. The fourth-order valence-corrected chi connectivity index (χ4v) is 3.38. The van der Waals surface area contributed by atoms with Gasteiger partial charge >= 0.3 is 0 Å². The number of rotatable bonds is 4. The highest BCUT2D eigenvalue weighted by atomic mass is 35.5. The maximum Gasteiger partial charge on any atom is 0.265 e. The van der Waals surface area contributed by atoms with Crippen LogP contribution in [0.25, 0.3) is 11.5 Å². The number of nitrogens with one attached hydrogen (secondary N) is 1. The van der Waals surface area contributed by atoms with Gasteiger partial charge in [-0.2, -0.15) is 0 Å². The Morgan fingerprint density at radius 2 is 2.00 bits per heavy atom. The molecule has 0 saturated heterocycles. The minimum Gasteiger partial charge on any atom is -0.456 e. The third-order valence-electron chi connectivity index (χ3n) is 3.01. The van der Waals surface area contributed by atoms with Gasteiger partial charge < -0.3 is 8.94 Å². The normalized spacial score (nSPS) is 11.6. The Labute approximate surface area is 135 Å². The molecule has 0 saturated carbocycles. The minimum absolute atomic E-state index is 0.0654. The molecule has 120 valence electrons. The molecule has 0 aliphatic heterocycles. The van der Waals surface area contributed by atoms with Crippen molar-refractivity contribution >= 4 is 27.3 Å². The van der Waals surface area contributed by atoms with E-state index in [-0.39, 0.29) is 27.1 Å². The first-order valence-corrected chi connectivity index (χ1v) is 8.22. The molecule has 0 atom stereocenters. The Hall–Kier alpha value is -2.32. The maximum absolute atomic E-state index is 13.1. The number of halogens is 2. The number of sulfonamides is 1. The molecule has 1 aromatic carbocycles. The van der Waals surface area contributed by atoms with Crippen molar-refractivity contribution in [3.05, 3.63) is 53.1 Å². The highest BCUT2D eigenvalue weighted by Gasteiger charge is 2.23. The van der Waals surface area contributed by atoms with Gasteiger partial charge in [0.25, 0.3) is 10.0 Å². The summed E-state index contributed by atoms with van der Waals surface area (Å²) in [4.78, 5) is -0.0654. The summed E-state index contributed by atoms with van der Waals surface area (Å²) in [7, 11) is -3.93. The van der Waals surface area contributed by atoms with Gasteiger partial charge in [0.05, 0.1) is 16.9 Å². The van der Waals surface area contributed by atoms with Crippen molar-refractivity contribution in [3.63, 3.8) is 0 Å². The predicted molar refractivity (Wildman–Crippen MR) is 81.2 cm³/mol. The smallest absolute Gasteiger partial charge is 0.265 e. The van der Waals surface area contributed by atoms with Gasteiger partial charge in [-0.25, -0.2) is 12.8 Å². The lowest BCUT2D eigenvalue weighted by atomic mass is 10.3. The summed E-state index contributed by atoms with van der Waals surface area (Å²) in [5.41, 5.74) is 0.137. The van der Waals surface area contributed by atoms with Gasteiger partial charge in [-0.3, -0.25) is 4.72 Å². The number of furan rings is 1. The van der Waals surface area contributed by atoms with E-state index in [0.717, 1.165) is 6.07 Å². The Morgan fingerprint density at radius 1 is 1.22 bits per heavy atom. The molecule has 9 heteroatoms. The van der Waals surface area contributed by atoms with Crippen LogP contribution in [0.1, 0.15) is 5.76 Å². The number of hydrogen-bond acceptors (Lipinski definition) is 5. The molecular weight excluding hydrogens is 347 g/mol. The molecule has 0 spiro atoms. The van der Waals surface area contributed by atoms with Gasteiger partial charge in [0.1, 0.15) is 16.5 Å². The standard InChI is InChI=1S/C14H10ClFN2O4S/c1-8-14(7-13(21-8)12-4-5-17-22-12)23(19,20)18-9-2-3-11(16)10(15)6-9/h2-7,18H,1H3. The lowest BCUT2D eigenvalue weighted by Gasteiger charge is -2.07. The summed E-state index contributed by atoms with van der Waals surface area (Å²) in [6.45, 7) is 1.51. The zero-order valence-corrected chi connectivity index (χ0v) is 13.3. The van der Waals surface area contributed by atoms with E-state index in [1.807, 2.05) is 0 Å². The summed E-state index contributed by atoms with van der Waals surface area (Å²) in [5.74, 6) is 0.0794. The number of aryl methyl sites for hydroxylation is 1. The SMILES string of the molecule is Cc1oc(-c2ccno2)cc1S(=O)(=O)Nc1ccc(F)c(Cl)c1. The first-order valence-electron chi connectivity index (χ1n) is 6.36. The number of hydrogen-bond donors (Lipinski definition) is 1. The van der Waals surface area contributed by atoms with Crippen LogP contribution in [0.2, 0.25) is 5.02 Å². The van der Waals surface area contributed by atoms with Crippen LogP contribution in [0.15, 0.2) is 50.4 Å². The lowest BCUT2D eigenvalue weighted by molar-refractivity contribution is 0.414. The van der Waals surface area contributed by atoms with Gasteiger partial charge in [-0.05, 0) is 25.1 Å². The molecule has 3 aromatic rings. The van der Waals surface area contributed by atoms with E-state index in [0.29, 0.717) is 5.76 Å². The molecule has 0 aliphatic rings. The van der Waals surface area contributed by atoms with Crippen LogP contribution in [0.4, 0.5) is 10.1 Å². The van der Waals surface area contributed by atoms with E-state index in [1.54, 1.807) is 6.07 Å². The van der Waals surface area contributed by atoms with Crippen molar-refractivity contribution < 1.29 is 21.7 Å². The molecule has 2 heterocycles. The number of nitrogens with zero attached hydrogens (tertiary/aromatic N) is 1. The monoisotopic (exact) mass is 356 g/mol. The second-order valence-corrected chi connectivity index (χ2v) is 6.70. The Balaban J connectivity index is 1.95. The molecular formula is C14H10ClFN2O4S. The van der Waals surface area contributed by atoms with E-state index in [4.69, 9.17) is 20.5 Å². The highest BCUT2D eigenvalue weighted by molar-refractivity contribution is 7.92. The number of aromatic nitrogens is 1. The van der Waals surface area contributed by atoms with E-state index >= 15 is 0 Å².